The van der Waals surface area contributed by atoms with Crippen molar-refractivity contribution < 1.29 is 0 Å². The van der Waals surface area contributed by atoms with E-state index < -0.39 is 0 Å². The molecule has 3 aromatic heterocycles. The van der Waals surface area contributed by atoms with Gasteiger partial charge in [0.15, 0.2) is 0 Å². The van der Waals surface area contributed by atoms with Gasteiger partial charge in [-0.1, -0.05) is 127 Å². The Labute approximate surface area is 303 Å². The molecule has 0 amide bonds. The van der Waals surface area contributed by atoms with Crippen LogP contribution in [0.4, 0.5) is 0 Å². The molecule has 2 heteroatoms. The fraction of sp³-hybridized carbons (Fsp3) is 0. The van der Waals surface area contributed by atoms with Crippen LogP contribution in [0.15, 0.2) is 176 Å². The van der Waals surface area contributed by atoms with Crippen LogP contribution in [0.2, 0.25) is 0 Å². The standard InChI is InChI=1S/C50H29NS/c1-2-9-31-26-32(19-18-30(31)8-1)33-20-21-35-28-36(23-22-34(35)27-33)37-24-25-45-43(29-37)42-14-5-13-41-40-12-7-17-47-49(40)48-39(11-6-16-46(48)52-47)38-10-3-4-15-44(38)51(45)50(41)42/h1-29H. The molecule has 12 rings (SSSR count). The summed E-state index contributed by atoms with van der Waals surface area (Å²) < 4.78 is 5.20. The number of nitrogens with zero attached hydrogens (tertiary/aromatic N) is 1. The first-order valence-electron chi connectivity index (χ1n) is 17.9. The van der Waals surface area contributed by atoms with Crippen molar-refractivity contribution in [2.24, 2.45) is 0 Å². The van der Waals surface area contributed by atoms with Crippen molar-refractivity contribution >= 4 is 102 Å². The maximum atomic E-state index is 2.53. The highest BCUT2D eigenvalue weighted by atomic mass is 32.1. The molecule has 3 heterocycles. The smallest absolute Gasteiger partial charge is 0.0619 e. The van der Waals surface area contributed by atoms with Crippen molar-refractivity contribution in [3.05, 3.63) is 176 Å². The Balaban J connectivity index is 1.11. The molecule has 12 aromatic rings. The molecule has 0 atom stereocenters. The zero-order valence-electron chi connectivity index (χ0n) is 28.1. The molecule has 0 fully saturated rings. The van der Waals surface area contributed by atoms with Crippen LogP contribution in [0.1, 0.15) is 0 Å². The molecule has 1 nitrogen and oxygen atoms in total. The summed E-state index contributed by atoms with van der Waals surface area (Å²) in [4.78, 5) is 0. The summed E-state index contributed by atoms with van der Waals surface area (Å²) in [7, 11) is 0. The van der Waals surface area contributed by atoms with E-state index in [1.807, 2.05) is 11.3 Å². The molecule has 0 spiro atoms. The second kappa shape index (κ2) is 10.5. The summed E-state index contributed by atoms with van der Waals surface area (Å²) in [5, 5.41) is 15.4. The van der Waals surface area contributed by atoms with Gasteiger partial charge in [0.25, 0.3) is 0 Å². The summed E-state index contributed by atoms with van der Waals surface area (Å²) >= 11 is 1.90. The van der Waals surface area contributed by atoms with Crippen LogP contribution in [-0.4, -0.2) is 4.40 Å². The van der Waals surface area contributed by atoms with E-state index in [2.05, 4.69) is 180 Å². The lowest BCUT2D eigenvalue weighted by Crippen LogP contribution is -1.87. The fourth-order valence-corrected chi connectivity index (χ4v) is 10.1. The molecule has 0 bridgehead atoms. The highest BCUT2D eigenvalue weighted by Gasteiger charge is 2.18. The molecule has 0 saturated heterocycles. The number of hydrogen-bond donors (Lipinski definition) is 0. The molecule has 9 aromatic carbocycles. The first-order chi connectivity index (χ1) is 25.8. The number of para-hydroxylation sites is 2. The average molecular weight is 676 g/mol. The SMILES string of the molecule is c1ccc2cc(-c3ccc4cc(-c5ccc6c(c5)c5cccc7c8cccc9sc%10cccc(c%11ccccc%11n6c75)c%10c98)ccc4c3)ccc2c1. The Morgan fingerprint density at radius 2 is 0.769 bits per heavy atom. The highest BCUT2D eigenvalue weighted by molar-refractivity contribution is 7.26. The number of rotatable bonds is 2. The number of aromatic nitrogens is 1. The minimum atomic E-state index is 1.22. The third-order valence-corrected chi connectivity index (χ3v) is 12.4. The summed E-state index contributed by atoms with van der Waals surface area (Å²) in [6.07, 6.45) is 0. The lowest BCUT2D eigenvalue weighted by atomic mass is 9.96. The number of hydrogen-bond acceptors (Lipinski definition) is 1. The van der Waals surface area contributed by atoms with Gasteiger partial charge in [0.05, 0.1) is 16.6 Å². The number of benzene rings is 9. The Hall–Kier alpha value is -6.48. The zero-order chi connectivity index (χ0) is 33.9. The van der Waals surface area contributed by atoms with Crippen molar-refractivity contribution in [2.75, 3.05) is 0 Å². The van der Waals surface area contributed by atoms with Crippen LogP contribution >= 0.6 is 11.3 Å². The quantitative estimate of drug-likeness (QED) is 0.172. The molecule has 0 N–H and O–H groups in total. The van der Waals surface area contributed by atoms with Gasteiger partial charge in [-0.25, -0.2) is 0 Å². The number of fused-ring (bicyclic) bond motifs is 9. The second-order valence-corrected chi connectivity index (χ2v) is 15.2. The topological polar surface area (TPSA) is 4.41 Å². The molecular formula is C50H29NS. The Morgan fingerprint density at radius 1 is 0.308 bits per heavy atom. The average Bonchev–Trinajstić information content (AvgIpc) is 3.77. The molecule has 52 heavy (non-hydrogen) atoms. The molecule has 0 saturated carbocycles. The van der Waals surface area contributed by atoms with Crippen LogP contribution in [0.3, 0.4) is 0 Å². The van der Waals surface area contributed by atoms with Gasteiger partial charge in [0, 0.05) is 41.7 Å². The van der Waals surface area contributed by atoms with Crippen molar-refractivity contribution in [1.82, 2.24) is 4.40 Å². The maximum absolute atomic E-state index is 2.53. The molecule has 0 aliphatic heterocycles. The summed E-state index contributed by atoms with van der Waals surface area (Å²) in [6, 6.07) is 65.6. The van der Waals surface area contributed by atoms with Gasteiger partial charge < -0.3 is 4.40 Å². The van der Waals surface area contributed by atoms with E-state index in [0.717, 1.165) is 0 Å². The van der Waals surface area contributed by atoms with E-state index in [1.165, 1.54) is 113 Å². The minimum Gasteiger partial charge on any atom is -0.308 e. The van der Waals surface area contributed by atoms with Gasteiger partial charge in [0.1, 0.15) is 0 Å². The molecule has 0 unspecified atom stereocenters. The molecule has 240 valence electrons. The Kier molecular flexibility index (Phi) is 5.71. The normalized spacial score (nSPS) is 12.2. The predicted molar refractivity (Wildman–Crippen MR) is 226 cm³/mol. The van der Waals surface area contributed by atoms with Gasteiger partial charge in [0.2, 0.25) is 0 Å². The lowest BCUT2D eigenvalue weighted by Gasteiger charge is -2.09. The van der Waals surface area contributed by atoms with Crippen molar-refractivity contribution in [1.29, 1.82) is 0 Å². The van der Waals surface area contributed by atoms with Gasteiger partial charge in [-0.3, -0.25) is 0 Å². The highest BCUT2D eigenvalue weighted by Crippen LogP contribution is 2.45. The summed E-state index contributed by atoms with van der Waals surface area (Å²) in [5.74, 6) is 0. The van der Waals surface area contributed by atoms with Crippen LogP contribution in [0, 0.1) is 0 Å². The second-order valence-electron chi connectivity index (χ2n) is 14.1. The summed E-state index contributed by atoms with van der Waals surface area (Å²) in [6.45, 7) is 0. The van der Waals surface area contributed by atoms with Gasteiger partial charge in [-0.05, 0) is 103 Å². The van der Waals surface area contributed by atoms with E-state index >= 15 is 0 Å². The first kappa shape index (κ1) is 28.2. The minimum absolute atomic E-state index is 1.22. The first-order valence-corrected chi connectivity index (χ1v) is 18.7. The molecule has 0 aliphatic rings. The molecule has 0 radical (unpaired) electrons. The van der Waals surface area contributed by atoms with Crippen molar-refractivity contribution in [2.45, 2.75) is 0 Å². The van der Waals surface area contributed by atoms with Crippen LogP contribution in [-0.2, 0) is 0 Å². The van der Waals surface area contributed by atoms with Crippen LogP contribution < -0.4 is 0 Å². The van der Waals surface area contributed by atoms with Gasteiger partial charge in [-0.15, -0.1) is 11.3 Å². The molecular weight excluding hydrogens is 647 g/mol. The van der Waals surface area contributed by atoms with E-state index in [4.69, 9.17) is 0 Å². The lowest BCUT2D eigenvalue weighted by molar-refractivity contribution is 1.35. The maximum Gasteiger partial charge on any atom is 0.0619 e. The zero-order valence-corrected chi connectivity index (χ0v) is 28.9. The summed E-state index contributed by atoms with van der Waals surface area (Å²) in [5.41, 5.74) is 8.65. The van der Waals surface area contributed by atoms with E-state index in [-0.39, 0.29) is 0 Å². The predicted octanol–water partition coefficient (Wildman–Crippen LogP) is 14.6. The van der Waals surface area contributed by atoms with Gasteiger partial charge in [-0.2, -0.15) is 0 Å². The van der Waals surface area contributed by atoms with Crippen molar-refractivity contribution in [3.63, 3.8) is 0 Å². The van der Waals surface area contributed by atoms with E-state index in [1.54, 1.807) is 0 Å². The van der Waals surface area contributed by atoms with E-state index in [9.17, 15) is 0 Å². The third kappa shape index (κ3) is 3.93. The largest absolute Gasteiger partial charge is 0.308 e. The Bertz CT molecular complexity index is 3470. The van der Waals surface area contributed by atoms with E-state index in [0.29, 0.717) is 0 Å². The third-order valence-electron chi connectivity index (χ3n) is 11.3. The van der Waals surface area contributed by atoms with Gasteiger partial charge >= 0.3 is 0 Å². The monoisotopic (exact) mass is 675 g/mol. The molecule has 0 aliphatic carbocycles. The van der Waals surface area contributed by atoms with Crippen molar-refractivity contribution in [3.8, 4) is 22.3 Å². The number of thiophene rings is 1. The van der Waals surface area contributed by atoms with Crippen LogP contribution in [0.25, 0.3) is 113 Å². The fourth-order valence-electron chi connectivity index (χ4n) is 8.90. The Morgan fingerprint density at radius 3 is 1.48 bits per heavy atom. The van der Waals surface area contributed by atoms with Crippen LogP contribution in [0.5, 0.6) is 0 Å².